The molecule has 6 unspecified atom stereocenters. The highest BCUT2D eigenvalue weighted by Gasteiger charge is 2.38. The van der Waals surface area contributed by atoms with Gasteiger partial charge in [0.25, 0.3) is 0 Å². The van der Waals surface area contributed by atoms with Gasteiger partial charge in [-0.1, -0.05) is 0 Å². The molecule has 0 bridgehead atoms. The molecule has 0 spiro atoms. The predicted molar refractivity (Wildman–Crippen MR) is 176 cm³/mol. The van der Waals surface area contributed by atoms with Crippen LogP contribution in [0.4, 0.5) is 14.4 Å². The maximum atomic E-state index is 11.3. The number of urea groups is 1. The number of guanidine groups is 2. The third kappa shape index (κ3) is 24.1. The van der Waals surface area contributed by atoms with Gasteiger partial charge in [-0.05, 0) is 25.5 Å². The Morgan fingerprint density at radius 3 is 1.79 bits per heavy atom. The van der Waals surface area contributed by atoms with Crippen LogP contribution in [0.15, 0.2) is 33.7 Å². The van der Waals surface area contributed by atoms with Crippen LogP contribution < -0.4 is 44.2 Å². The number of nitrogens with zero attached hydrogens (tertiary/aromatic N) is 2. The van der Waals surface area contributed by atoms with E-state index < -0.39 is 78.8 Å². The molecule has 6 atom stereocenters. The first kappa shape index (κ1) is 48.0. The minimum absolute atomic E-state index is 0.0733. The fourth-order valence-corrected chi connectivity index (χ4v) is 3.45. The minimum Gasteiger partial charge on any atom is -0.485 e. The molecule has 2 rings (SSSR count). The molecule has 0 aromatic carbocycles. The molecule has 0 saturated heterocycles. The van der Waals surface area contributed by atoms with Crippen molar-refractivity contribution in [3.8, 4) is 0 Å². The largest absolute Gasteiger partial charge is 0.485 e. The molecular weight excluding hydrogens is 708 g/mol. The minimum atomic E-state index is -1.33. The van der Waals surface area contributed by atoms with Crippen LogP contribution in [0.1, 0.15) is 26.7 Å². The molecule has 0 saturated carbocycles. The topological polar surface area (TPSA) is 460 Å². The van der Waals surface area contributed by atoms with Crippen LogP contribution in [-0.4, -0.2) is 152 Å². The van der Waals surface area contributed by atoms with Gasteiger partial charge in [0.1, 0.15) is 12.7 Å². The average molecular weight is 755 g/mol. The van der Waals surface area contributed by atoms with Gasteiger partial charge in [0, 0.05) is 13.3 Å². The highest BCUT2D eigenvalue weighted by Crippen LogP contribution is 2.24. The number of carbonyl (C=O) groups excluding carboxylic acids is 2. The van der Waals surface area contributed by atoms with Crippen molar-refractivity contribution in [1.29, 1.82) is 0 Å². The number of aliphatic hydroxyl groups is 4. The molecule has 2 aliphatic heterocycles. The molecule has 2 heterocycles. The Morgan fingerprint density at radius 1 is 0.885 bits per heavy atom. The number of nitrogens with two attached hydrogens (primary N) is 4. The van der Waals surface area contributed by atoms with E-state index in [1.165, 1.54) is 26.0 Å². The molecule has 0 aromatic rings. The van der Waals surface area contributed by atoms with Gasteiger partial charge < -0.3 is 94.5 Å². The summed E-state index contributed by atoms with van der Waals surface area (Å²) in [5.41, 5.74) is 20.7. The van der Waals surface area contributed by atoms with Crippen LogP contribution in [0, 0.1) is 0 Å². The Labute approximate surface area is 294 Å². The van der Waals surface area contributed by atoms with Gasteiger partial charge in [0.05, 0.1) is 50.2 Å². The van der Waals surface area contributed by atoms with E-state index >= 15 is 0 Å². The number of aliphatic carboxylic acids is 2. The molecule has 0 aromatic heterocycles. The van der Waals surface area contributed by atoms with Gasteiger partial charge >= 0.3 is 30.2 Å². The molecule has 52 heavy (non-hydrogen) atoms. The summed E-state index contributed by atoms with van der Waals surface area (Å²) < 4.78 is 10.2. The van der Waals surface area contributed by atoms with Crippen LogP contribution >= 0.6 is 0 Å². The molecule has 26 nitrogen and oxygen atoms in total. The van der Waals surface area contributed by atoms with E-state index in [-0.39, 0.29) is 50.0 Å². The van der Waals surface area contributed by atoms with Crippen LogP contribution in [0.3, 0.4) is 0 Å². The fraction of sp³-hybridized carbons (Fsp3) is 0.538. The lowest BCUT2D eigenvalue weighted by molar-refractivity contribution is -0.140. The van der Waals surface area contributed by atoms with Crippen molar-refractivity contribution in [2.24, 2.45) is 32.9 Å². The van der Waals surface area contributed by atoms with E-state index in [2.05, 4.69) is 20.6 Å². The van der Waals surface area contributed by atoms with Gasteiger partial charge in [0.15, 0.2) is 11.9 Å². The standard InChI is InChI=1S/C12H20N4O6.C8H12N4O4.C3H6N2O4.C3H8O2/c1-5(18)15-10-7(16-12(13)14)3-9(11(20)21)22-8(10)2-6(19)4-17;9-7(10)12-8(15)11-4-1-2-5(6(13)14)16-3-4;6-2(7)4-1-5-3(8)9;1-3(5)2-4/h3,6-8,10,17,19H,2,4H2,1H3,(H,15,18)(H,20,21)(H4,13,14,16);2,4H,1,3H2,(H,13,14)(H5,9,10,11,12,15);4-5H,1H2,(H,6,7)(H,8,9);3-5H,2H2,1H3. The molecule has 5 amide bonds. The van der Waals surface area contributed by atoms with Crippen molar-refractivity contribution in [3.63, 3.8) is 0 Å². The Hall–Kier alpha value is -6.12. The maximum absolute atomic E-state index is 11.3. The Bertz CT molecular complexity index is 1300. The maximum Gasteiger partial charge on any atom is 0.406 e. The van der Waals surface area contributed by atoms with Crippen molar-refractivity contribution >= 4 is 48.0 Å². The first-order valence-electron chi connectivity index (χ1n) is 14.6. The summed E-state index contributed by atoms with van der Waals surface area (Å²) in [5.74, 6) is -4.01. The lowest BCUT2D eigenvalue weighted by Crippen LogP contribution is -2.54. The van der Waals surface area contributed by atoms with Crippen molar-refractivity contribution < 1.29 is 79.1 Å². The summed E-state index contributed by atoms with van der Waals surface area (Å²) >= 11 is 0. The predicted octanol–water partition coefficient (Wildman–Crippen LogP) is -5.19. The van der Waals surface area contributed by atoms with Crippen LogP contribution in [0.2, 0.25) is 0 Å². The summed E-state index contributed by atoms with van der Waals surface area (Å²) in [6.07, 6.45) is -2.35. The Balaban J connectivity index is 0. The van der Waals surface area contributed by atoms with Gasteiger partial charge in [-0.25, -0.2) is 29.0 Å². The first-order chi connectivity index (χ1) is 24.1. The molecule has 0 fully saturated rings. The summed E-state index contributed by atoms with van der Waals surface area (Å²) in [7, 11) is 0. The van der Waals surface area contributed by atoms with Gasteiger partial charge in [-0.3, -0.25) is 4.79 Å². The normalized spacial score (nSPS) is 19.4. The summed E-state index contributed by atoms with van der Waals surface area (Å²) in [6, 6.07) is -2.67. The SMILES string of the molecule is CC(=O)NC1C(N=C(N)N)C=C(C(=O)O)OC1CC(O)CO.CC(O)CO.NC(N)=NC(=O)NC1CC=C(C(=O)O)OC1.O=C(O)NCNC(=O)O. The number of amides is 5. The summed E-state index contributed by atoms with van der Waals surface area (Å²) in [5, 5.41) is 76.5. The van der Waals surface area contributed by atoms with E-state index in [0.29, 0.717) is 6.42 Å². The molecule has 296 valence electrons. The van der Waals surface area contributed by atoms with E-state index in [0.717, 1.165) is 0 Å². The number of ether oxygens (including phenoxy) is 2. The number of nitrogens with one attached hydrogen (secondary N) is 4. The lowest BCUT2D eigenvalue weighted by atomic mass is 9.94. The van der Waals surface area contributed by atoms with Crippen molar-refractivity contribution in [1.82, 2.24) is 21.3 Å². The zero-order valence-electron chi connectivity index (χ0n) is 27.9. The van der Waals surface area contributed by atoms with Gasteiger partial charge in [0.2, 0.25) is 17.4 Å². The van der Waals surface area contributed by atoms with Crippen molar-refractivity contribution in [2.45, 2.75) is 63.1 Å². The highest BCUT2D eigenvalue weighted by atomic mass is 16.5. The molecular formula is C26H46N10O16. The Kier molecular flexibility index (Phi) is 23.8. The third-order valence-corrected chi connectivity index (χ3v) is 5.50. The number of hydrogen-bond donors (Lipinski definition) is 16. The first-order valence-corrected chi connectivity index (χ1v) is 14.6. The van der Waals surface area contributed by atoms with E-state index in [4.69, 9.17) is 68.2 Å². The summed E-state index contributed by atoms with van der Waals surface area (Å²) in [4.78, 5) is 70.4. The second-order valence-electron chi connectivity index (χ2n) is 10.1. The highest BCUT2D eigenvalue weighted by molar-refractivity contribution is 5.90. The van der Waals surface area contributed by atoms with Gasteiger partial charge in [-0.2, -0.15) is 4.99 Å². The second-order valence-corrected chi connectivity index (χ2v) is 10.1. The number of rotatable bonds is 11. The van der Waals surface area contributed by atoms with Gasteiger partial charge in [-0.15, -0.1) is 0 Å². The third-order valence-electron chi connectivity index (χ3n) is 5.50. The molecule has 20 N–H and O–H groups in total. The van der Waals surface area contributed by atoms with Crippen LogP contribution in [0.25, 0.3) is 0 Å². The van der Waals surface area contributed by atoms with Crippen LogP contribution in [0.5, 0.6) is 0 Å². The van der Waals surface area contributed by atoms with E-state index in [1.54, 1.807) is 10.6 Å². The smallest absolute Gasteiger partial charge is 0.406 e. The quantitative estimate of drug-likeness (QED) is 0.0532. The van der Waals surface area contributed by atoms with E-state index in [9.17, 15) is 33.9 Å². The average Bonchev–Trinajstić information content (AvgIpc) is 3.02. The second kappa shape index (κ2) is 25.8. The number of hydrogen-bond acceptors (Lipinski definition) is 13. The number of carbonyl (C=O) groups is 6. The number of aliphatic hydroxyl groups excluding tert-OH is 4. The van der Waals surface area contributed by atoms with Crippen LogP contribution in [-0.2, 0) is 23.9 Å². The Morgan fingerprint density at radius 2 is 1.42 bits per heavy atom. The molecule has 0 radical (unpaired) electrons. The number of carboxylic acids is 2. The number of carboxylic acid groups (broad SMARTS) is 4. The summed E-state index contributed by atoms with van der Waals surface area (Å²) in [6.45, 7) is 1.91. The van der Waals surface area contributed by atoms with E-state index in [1.807, 2.05) is 0 Å². The molecule has 26 heteroatoms. The zero-order chi connectivity index (χ0) is 40.6. The molecule has 0 aliphatic carbocycles. The molecule has 2 aliphatic rings. The fourth-order valence-electron chi connectivity index (χ4n) is 3.45. The van der Waals surface area contributed by atoms with Crippen molar-refractivity contribution in [2.75, 3.05) is 26.5 Å². The lowest BCUT2D eigenvalue weighted by Gasteiger charge is -2.35. The van der Waals surface area contributed by atoms with Crippen molar-refractivity contribution in [3.05, 3.63) is 23.7 Å². The monoisotopic (exact) mass is 754 g/mol. The number of aliphatic imine (C=N–C) groups is 2. The zero-order valence-corrected chi connectivity index (χ0v) is 27.9.